The molecule has 0 radical (unpaired) electrons. The quantitative estimate of drug-likeness (QED) is 0.706. The van der Waals surface area contributed by atoms with Crippen molar-refractivity contribution in [2.45, 2.75) is 18.8 Å². The summed E-state index contributed by atoms with van der Waals surface area (Å²) in [7, 11) is 0. The first-order valence-electron chi connectivity index (χ1n) is 4.44. The van der Waals surface area contributed by atoms with Gasteiger partial charge >= 0.3 is 0 Å². The van der Waals surface area contributed by atoms with E-state index in [2.05, 4.69) is 9.97 Å². The summed E-state index contributed by atoms with van der Waals surface area (Å²) in [5, 5.41) is 0. The first-order chi connectivity index (χ1) is 6.34. The standard InChI is InChI=1S/C9H10N4/c10-8-5-7(6-1-2-6)12-9-11-3-4-13(8)9/h3-6H,1-2,10H2. The Morgan fingerprint density at radius 3 is 3.08 bits per heavy atom. The van der Waals surface area contributed by atoms with Crippen LogP contribution in [0, 0.1) is 0 Å². The summed E-state index contributed by atoms with van der Waals surface area (Å²) in [6.45, 7) is 0. The number of imidazole rings is 1. The molecule has 0 atom stereocenters. The minimum atomic E-state index is 0.629. The van der Waals surface area contributed by atoms with Gasteiger partial charge in [0, 0.05) is 24.4 Å². The second-order valence-corrected chi connectivity index (χ2v) is 3.48. The highest BCUT2D eigenvalue weighted by Crippen LogP contribution is 2.39. The Bertz CT molecular complexity index is 456. The van der Waals surface area contributed by atoms with Crippen LogP contribution in [0.25, 0.3) is 5.78 Å². The molecule has 4 heteroatoms. The summed E-state index contributed by atoms with van der Waals surface area (Å²) in [6, 6.07) is 1.95. The first kappa shape index (κ1) is 6.88. The first-order valence-corrected chi connectivity index (χ1v) is 4.44. The minimum Gasteiger partial charge on any atom is -0.385 e. The van der Waals surface area contributed by atoms with Crippen molar-refractivity contribution in [1.29, 1.82) is 0 Å². The van der Waals surface area contributed by atoms with Crippen LogP contribution in [0.3, 0.4) is 0 Å². The molecule has 0 amide bonds. The van der Waals surface area contributed by atoms with E-state index in [1.54, 1.807) is 10.6 Å². The zero-order valence-corrected chi connectivity index (χ0v) is 7.14. The van der Waals surface area contributed by atoms with Gasteiger partial charge in [0.1, 0.15) is 5.82 Å². The highest BCUT2D eigenvalue weighted by Gasteiger charge is 2.25. The van der Waals surface area contributed by atoms with Gasteiger partial charge in [-0.3, -0.25) is 4.40 Å². The monoisotopic (exact) mass is 174 g/mol. The molecule has 3 rings (SSSR count). The third-order valence-electron chi connectivity index (χ3n) is 2.42. The smallest absolute Gasteiger partial charge is 0.235 e. The van der Waals surface area contributed by atoms with Gasteiger partial charge in [0.2, 0.25) is 5.78 Å². The van der Waals surface area contributed by atoms with Gasteiger partial charge in [0.15, 0.2) is 0 Å². The van der Waals surface area contributed by atoms with Crippen molar-refractivity contribution >= 4 is 11.6 Å². The van der Waals surface area contributed by atoms with Crippen LogP contribution >= 0.6 is 0 Å². The number of hydrogen-bond acceptors (Lipinski definition) is 3. The molecule has 2 heterocycles. The van der Waals surface area contributed by atoms with Crippen molar-refractivity contribution < 1.29 is 0 Å². The van der Waals surface area contributed by atoms with E-state index in [9.17, 15) is 0 Å². The predicted molar refractivity (Wildman–Crippen MR) is 49.4 cm³/mol. The summed E-state index contributed by atoms with van der Waals surface area (Å²) in [5.74, 6) is 2.07. The van der Waals surface area contributed by atoms with Crippen molar-refractivity contribution in [2.24, 2.45) is 0 Å². The van der Waals surface area contributed by atoms with Gasteiger partial charge in [-0.2, -0.15) is 0 Å². The van der Waals surface area contributed by atoms with Gasteiger partial charge in [-0.15, -0.1) is 0 Å². The van der Waals surface area contributed by atoms with E-state index in [4.69, 9.17) is 5.73 Å². The number of nitrogens with two attached hydrogens (primary N) is 1. The zero-order valence-electron chi connectivity index (χ0n) is 7.14. The number of anilines is 1. The summed E-state index contributed by atoms with van der Waals surface area (Å²) in [4.78, 5) is 8.55. The minimum absolute atomic E-state index is 0.629. The molecule has 0 spiro atoms. The third kappa shape index (κ3) is 0.983. The summed E-state index contributed by atoms with van der Waals surface area (Å²) >= 11 is 0. The number of rotatable bonds is 1. The maximum atomic E-state index is 5.85. The highest BCUT2D eigenvalue weighted by atomic mass is 15.1. The van der Waals surface area contributed by atoms with Crippen LogP contribution in [0.4, 0.5) is 5.82 Å². The van der Waals surface area contributed by atoms with Crippen molar-refractivity contribution in [3.8, 4) is 0 Å². The van der Waals surface area contributed by atoms with E-state index in [0.717, 1.165) is 11.5 Å². The molecular formula is C9H10N4. The number of aromatic nitrogens is 3. The molecule has 0 unspecified atom stereocenters. The second kappa shape index (κ2) is 2.22. The molecule has 0 aromatic carbocycles. The lowest BCUT2D eigenvalue weighted by atomic mass is 10.3. The third-order valence-corrected chi connectivity index (χ3v) is 2.42. The Labute approximate surface area is 75.4 Å². The average molecular weight is 174 g/mol. The normalized spacial score (nSPS) is 16.6. The van der Waals surface area contributed by atoms with Gasteiger partial charge < -0.3 is 5.73 Å². The molecular weight excluding hydrogens is 164 g/mol. The topological polar surface area (TPSA) is 56.2 Å². The van der Waals surface area contributed by atoms with Crippen LogP contribution in [0.5, 0.6) is 0 Å². The predicted octanol–water partition coefficient (Wildman–Crippen LogP) is 1.19. The molecule has 0 bridgehead atoms. The lowest BCUT2D eigenvalue weighted by Crippen LogP contribution is -2.00. The van der Waals surface area contributed by atoms with Gasteiger partial charge in [-0.05, 0) is 12.8 Å². The molecule has 4 nitrogen and oxygen atoms in total. The van der Waals surface area contributed by atoms with E-state index in [1.165, 1.54) is 12.8 Å². The molecule has 13 heavy (non-hydrogen) atoms. The van der Waals surface area contributed by atoms with Crippen LogP contribution in [0.2, 0.25) is 0 Å². The maximum Gasteiger partial charge on any atom is 0.235 e. The van der Waals surface area contributed by atoms with Crippen LogP contribution in [0.15, 0.2) is 18.5 Å². The van der Waals surface area contributed by atoms with Gasteiger partial charge in [0.05, 0.1) is 5.69 Å². The molecule has 1 fully saturated rings. The van der Waals surface area contributed by atoms with Crippen LogP contribution < -0.4 is 5.73 Å². The number of nitrogens with zero attached hydrogens (tertiary/aromatic N) is 3. The Balaban J connectivity index is 2.27. The Morgan fingerprint density at radius 1 is 1.46 bits per heavy atom. The largest absolute Gasteiger partial charge is 0.385 e. The van der Waals surface area contributed by atoms with Gasteiger partial charge in [0.25, 0.3) is 0 Å². The second-order valence-electron chi connectivity index (χ2n) is 3.48. The van der Waals surface area contributed by atoms with Crippen LogP contribution in [-0.4, -0.2) is 14.4 Å². The molecule has 2 N–H and O–H groups in total. The molecule has 1 aliphatic carbocycles. The van der Waals surface area contributed by atoms with E-state index in [1.807, 2.05) is 12.3 Å². The van der Waals surface area contributed by atoms with E-state index < -0.39 is 0 Å². The SMILES string of the molecule is Nc1cc(C2CC2)nc2nccn12. The molecule has 0 aliphatic heterocycles. The summed E-state index contributed by atoms with van der Waals surface area (Å²) in [5.41, 5.74) is 6.94. The fourth-order valence-electron chi connectivity index (χ4n) is 1.54. The average Bonchev–Trinajstić information content (AvgIpc) is 2.85. The molecule has 66 valence electrons. The lowest BCUT2D eigenvalue weighted by Gasteiger charge is -2.02. The number of fused-ring (bicyclic) bond motifs is 1. The van der Waals surface area contributed by atoms with Crippen LogP contribution in [-0.2, 0) is 0 Å². The fourth-order valence-corrected chi connectivity index (χ4v) is 1.54. The van der Waals surface area contributed by atoms with Gasteiger partial charge in [-0.1, -0.05) is 0 Å². The number of hydrogen-bond donors (Lipinski definition) is 1. The Kier molecular flexibility index (Phi) is 1.17. The number of nitrogen functional groups attached to an aromatic ring is 1. The van der Waals surface area contributed by atoms with Crippen molar-refractivity contribution in [1.82, 2.24) is 14.4 Å². The molecule has 2 aromatic heterocycles. The lowest BCUT2D eigenvalue weighted by molar-refractivity contribution is 0.989. The maximum absolute atomic E-state index is 5.85. The van der Waals surface area contributed by atoms with Gasteiger partial charge in [-0.25, -0.2) is 9.97 Å². The van der Waals surface area contributed by atoms with E-state index in [-0.39, 0.29) is 0 Å². The molecule has 2 aromatic rings. The van der Waals surface area contributed by atoms with E-state index >= 15 is 0 Å². The molecule has 0 saturated heterocycles. The summed E-state index contributed by atoms with van der Waals surface area (Å²) < 4.78 is 1.80. The highest BCUT2D eigenvalue weighted by molar-refractivity contribution is 5.44. The molecule has 1 aliphatic rings. The van der Waals surface area contributed by atoms with Crippen molar-refractivity contribution in [3.63, 3.8) is 0 Å². The van der Waals surface area contributed by atoms with Crippen molar-refractivity contribution in [2.75, 3.05) is 5.73 Å². The Hall–Kier alpha value is -1.58. The van der Waals surface area contributed by atoms with Crippen molar-refractivity contribution in [3.05, 3.63) is 24.2 Å². The summed E-state index contributed by atoms with van der Waals surface area (Å²) in [6.07, 6.45) is 6.02. The Morgan fingerprint density at radius 2 is 2.31 bits per heavy atom. The van der Waals surface area contributed by atoms with E-state index in [0.29, 0.717) is 11.7 Å². The fraction of sp³-hybridized carbons (Fsp3) is 0.333. The zero-order chi connectivity index (χ0) is 8.84. The molecule has 1 saturated carbocycles. The van der Waals surface area contributed by atoms with Crippen LogP contribution in [0.1, 0.15) is 24.5 Å².